The van der Waals surface area contributed by atoms with Crippen LogP contribution in [0.4, 0.5) is 0 Å². The van der Waals surface area contributed by atoms with Crippen LogP contribution in [0.3, 0.4) is 0 Å². The summed E-state index contributed by atoms with van der Waals surface area (Å²) in [6, 6.07) is 3.06. The first-order valence-corrected chi connectivity index (χ1v) is 7.59. The molecule has 0 aliphatic heterocycles. The molecule has 3 rings (SSSR count). The Hall–Kier alpha value is -0.840. The fourth-order valence-corrected chi connectivity index (χ4v) is 4.19. The molecule has 4 unspecified atom stereocenters. The molecule has 2 fully saturated rings. The molecule has 0 saturated heterocycles. The first-order chi connectivity index (χ1) is 9.58. The van der Waals surface area contributed by atoms with Gasteiger partial charge in [0.2, 0.25) is 0 Å². The van der Waals surface area contributed by atoms with E-state index in [0.717, 1.165) is 19.3 Å². The molecule has 6 heteroatoms. The van der Waals surface area contributed by atoms with E-state index >= 15 is 0 Å². The molecular formula is C14H16Cl2N2O2. The summed E-state index contributed by atoms with van der Waals surface area (Å²) in [5.41, 5.74) is 0.412. The van der Waals surface area contributed by atoms with Crippen LogP contribution in [0.1, 0.15) is 29.6 Å². The first kappa shape index (κ1) is 14.1. The van der Waals surface area contributed by atoms with Crippen LogP contribution in [0.15, 0.2) is 12.1 Å². The van der Waals surface area contributed by atoms with E-state index in [9.17, 15) is 9.90 Å². The molecular weight excluding hydrogens is 299 g/mol. The highest BCUT2D eigenvalue weighted by molar-refractivity contribution is 6.33. The number of aromatic nitrogens is 1. The molecule has 0 aromatic carbocycles. The lowest BCUT2D eigenvalue weighted by molar-refractivity contribution is 0.0861. The molecule has 1 amide bonds. The molecule has 108 valence electrons. The Labute approximate surface area is 127 Å². The number of aliphatic hydroxyl groups is 1. The van der Waals surface area contributed by atoms with Crippen molar-refractivity contribution in [3.05, 3.63) is 28.0 Å². The summed E-state index contributed by atoms with van der Waals surface area (Å²) in [5, 5.41) is 13.0. The van der Waals surface area contributed by atoms with Crippen molar-refractivity contribution in [2.75, 3.05) is 6.61 Å². The molecule has 2 aliphatic rings. The lowest BCUT2D eigenvalue weighted by atomic mass is 9.85. The Morgan fingerprint density at radius 1 is 1.30 bits per heavy atom. The second kappa shape index (κ2) is 5.51. The summed E-state index contributed by atoms with van der Waals surface area (Å²) in [6.07, 6.45) is 3.40. The highest BCUT2D eigenvalue weighted by atomic mass is 35.5. The quantitative estimate of drug-likeness (QED) is 0.843. The van der Waals surface area contributed by atoms with Crippen LogP contribution in [-0.4, -0.2) is 28.6 Å². The Kier molecular flexibility index (Phi) is 3.89. The number of rotatable bonds is 3. The second-order valence-corrected chi connectivity index (χ2v) is 6.45. The largest absolute Gasteiger partial charge is 0.396 e. The van der Waals surface area contributed by atoms with Crippen molar-refractivity contribution in [1.29, 1.82) is 0 Å². The highest BCUT2D eigenvalue weighted by Crippen LogP contribution is 2.48. The third kappa shape index (κ3) is 2.52. The van der Waals surface area contributed by atoms with Gasteiger partial charge in [-0.1, -0.05) is 23.2 Å². The lowest BCUT2D eigenvalue weighted by Crippen LogP contribution is -2.45. The van der Waals surface area contributed by atoms with Crippen molar-refractivity contribution in [2.24, 2.45) is 17.8 Å². The molecule has 1 aromatic heterocycles. The van der Waals surface area contributed by atoms with E-state index < -0.39 is 0 Å². The maximum atomic E-state index is 12.3. The smallest absolute Gasteiger partial charge is 0.251 e. The van der Waals surface area contributed by atoms with Crippen LogP contribution in [-0.2, 0) is 0 Å². The van der Waals surface area contributed by atoms with Crippen molar-refractivity contribution in [3.8, 4) is 0 Å². The van der Waals surface area contributed by atoms with Gasteiger partial charge in [0.1, 0.15) is 10.3 Å². The second-order valence-electron chi connectivity index (χ2n) is 5.68. The number of nitrogens with zero attached hydrogens (tertiary/aromatic N) is 1. The number of hydrogen-bond acceptors (Lipinski definition) is 3. The maximum absolute atomic E-state index is 12.3. The van der Waals surface area contributed by atoms with Crippen molar-refractivity contribution >= 4 is 29.1 Å². The number of fused-ring (bicyclic) bond motifs is 2. The molecule has 0 spiro atoms. The summed E-state index contributed by atoms with van der Waals surface area (Å²) >= 11 is 11.6. The van der Waals surface area contributed by atoms with Crippen LogP contribution in [0.25, 0.3) is 0 Å². The van der Waals surface area contributed by atoms with Crippen molar-refractivity contribution in [2.45, 2.75) is 25.3 Å². The van der Waals surface area contributed by atoms with Crippen LogP contribution in [0.5, 0.6) is 0 Å². The van der Waals surface area contributed by atoms with E-state index in [2.05, 4.69) is 10.3 Å². The van der Waals surface area contributed by atoms with Gasteiger partial charge in [-0.15, -0.1) is 0 Å². The number of pyridine rings is 1. The minimum atomic E-state index is -0.202. The predicted molar refractivity (Wildman–Crippen MR) is 76.9 cm³/mol. The molecule has 4 nitrogen and oxygen atoms in total. The van der Waals surface area contributed by atoms with E-state index in [0.29, 0.717) is 17.4 Å². The Balaban J connectivity index is 1.75. The number of nitrogens with one attached hydrogen (secondary N) is 1. The predicted octanol–water partition coefficient (Wildman–Crippen LogP) is 2.53. The number of carbonyl (C=O) groups excluding carboxylic acids is 1. The van der Waals surface area contributed by atoms with Crippen molar-refractivity contribution in [1.82, 2.24) is 10.3 Å². The van der Waals surface area contributed by atoms with Gasteiger partial charge in [0.25, 0.3) is 5.91 Å². The molecule has 2 N–H and O–H groups in total. The van der Waals surface area contributed by atoms with E-state index in [1.165, 1.54) is 12.1 Å². The zero-order valence-electron chi connectivity index (χ0n) is 10.9. The number of hydrogen-bond donors (Lipinski definition) is 2. The van der Waals surface area contributed by atoms with Crippen LogP contribution < -0.4 is 5.32 Å². The highest BCUT2D eigenvalue weighted by Gasteiger charge is 2.47. The van der Waals surface area contributed by atoms with Gasteiger partial charge in [0.15, 0.2) is 0 Å². The SMILES string of the molecule is O=C(NC1C2CCC(C2)C1CO)c1cc(Cl)nc(Cl)c1. The number of carbonyl (C=O) groups is 1. The van der Waals surface area contributed by atoms with E-state index in [1.54, 1.807) is 0 Å². The fraction of sp³-hybridized carbons (Fsp3) is 0.571. The topological polar surface area (TPSA) is 62.2 Å². The Morgan fingerprint density at radius 3 is 2.60 bits per heavy atom. The average Bonchev–Trinajstić information content (AvgIpc) is 2.98. The third-order valence-electron chi connectivity index (χ3n) is 4.62. The van der Waals surface area contributed by atoms with Gasteiger partial charge in [-0.2, -0.15) is 0 Å². The third-order valence-corrected chi connectivity index (χ3v) is 5.01. The van der Waals surface area contributed by atoms with Crippen LogP contribution in [0, 0.1) is 17.8 Å². The number of aliphatic hydroxyl groups excluding tert-OH is 1. The molecule has 4 atom stereocenters. The van der Waals surface area contributed by atoms with Gasteiger partial charge in [-0.05, 0) is 43.2 Å². The summed E-state index contributed by atoms with van der Waals surface area (Å²) in [7, 11) is 0. The summed E-state index contributed by atoms with van der Waals surface area (Å²) in [4.78, 5) is 16.1. The van der Waals surface area contributed by atoms with Gasteiger partial charge < -0.3 is 10.4 Å². The Morgan fingerprint density at radius 2 is 1.95 bits per heavy atom. The van der Waals surface area contributed by atoms with Gasteiger partial charge >= 0.3 is 0 Å². The molecule has 20 heavy (non-hydrogen) atoms. The molecule has 2 saturated carbocycles. The molecule has 2 bridgehead atoms. The van der Waals surface area contributed by atoms with Gasteiger partial charge in [0, 0.05) is 24.1 Å². The molecule has 1 aromatic rings. The monoisotopic (exact) mass is 314 g/mol. The molecule has 0 radical (unpaired) electrons. The van der Waals surface area contributed by atoms with Crippen molar-refractivity contribution < 1.29 is 9.90 Å². The normalized spacial score (nSPS) is 31.6. The van der Waals surface area contributed by atoms with Gasteiger partial charge in [0.05, 0.1) is 0 Å². The van der Waals surface area contributed by atoms with Crippen LogP contribution in [0.2, 0.25) is 10.3 Å². The fourth-order valence-electron chi connectivity index (χ4n) is 3.73. The molecule has 1 heterocycles. The minimum Gasteiger partial charge on any atom is -0.396 e. The van der Waals surface area contributed by atoms with E-state index in [1.807, 2.05) is 0 Å². The van der Waals surface area contributed by atoms with Gasteiger partial charge in [-0.25, -0.2) is 4.98 Å². The summed E-state index contributed by atoms with van der Waals surface area (Å²) < 4.78 is 0. The average molecular weight is 315 g/mol. The number of halogens is 2. The molecule has 2 aliphatic carbocycles. The van der Waals surface area contributed by atoms with Crippen molar-refractivity contribution in [3.63, 3.8) is 0 Å². The maximum Gasteiger partial charge on any atom is 0.251 e. The lowest BCUT2D eigenvalue weighted by Gasteiger charge is -2.30. The standard InChI is InChI=1S/C14H16Cl2N2O2/c15-11-4-9(5-12(16)17-11)14(20)18-13-8-2-1-7(3-8)10(13)6-19/h4-5,7-8,10,13,19H,1-3,6H2,(H,18,20). The van der Waals surface area contributed by atoms with E-state index in [-0.39, 0.29) is 34.8 Å². The van der Waals surface area contributed by atoms with E-state index in [4.69, 9.17) is 23.2 Å². The summed E-state index contributed by atoms with van der Waals surface area (Å²) in [6.45, 7) is 0.129. The minimum absolute atomic E-state index is 0.0527. The first-order valence-electron chi connectivity index (χ1n) is 6.83. The number of amides is 1. The Bertz CT molecular complexity index is 518. The zero-order chi connectivity index (χ0) is 14.3. The van der Waals surface area contributed by atoms with Gasteiger partial charge in [-0.3, -0.25) is 4.79 Å². The summed E-state index contributed by atoms with van der Waals surface area (Å²) in [5.74, 6) is 0.992. The van der Waals surface area contributed by atoms with Crippen LogP contribution >= 0.6 is 23.2 Å². The zero-order valence-corrected chi connectivity index (χ0v) is 12.4.